The number of nitro benzene ring substituents is 1. The highest BCUT2D eigenvalue weighted by atomic mass is 79.9. The van der Waals surface area contributed by atoms with Crippen LogP contribution in [-0.4, -0.2) is 20.6 Å². The molecule has 2 rings (SSSR count). The van der Waals surface area contributed by atoms with Crippen LogP contribution in [0.4, 0.5) is 5.69 Å². The Morgan fingerprint density at radius 1 is 1.38 bits per heavy atom. The van der Waals surface area contributed by atoms with Gasteiger partial charge in [0.05, 0.1) is 11.5 Å². The number of carboxylic acid groups (broad SMARTS) is 1. The van der Waals surface area contributed by atoms with Crippen molar-refractivity contribution in [2.45, 2.75) is 6.54 Å². The standard InChI is InChI=1S/C13H9BrN2O5/c14-9-2-1-8(11(5-9)16(20)21)6-15-4-3-12(17)10(7-15)13(18)19/h1-5,7H,6H2,(H,18,19). The predicted octanol–water partition coefficient (Wildman–Crippen LogP) is 2.27. The molecule has 108 valence electrons. The minimum atomic E-state index is -1.33. The largest absolute Gasteiger partial charge is 0.477 e. The molecule has 8 heteroatoms. The molecule has 0 saturated carbocycles. The van der Waals surface area contributed by atoms with Gasteiger partial charge in [-0.2, -0.15) is 0 Å². The van der Waals surface area contributed by atoms with Gasteiger partial charge in [-0.05, 0) is 12.1 Å². The number of nitro groups is 1. The Balaban J connectivity index is 2.43. The minimum Gasteiger partial charge on any atom is -0.477 e. The van der Waals surface area contributed by atoms with Gasteiger partial charge in [0.15, 0.2) is 5.43 Å². The first-order valence-corrected chi connectivity index (χ1v) is 6.54. The fourth-order valence-corrected chi connectivity index (χ4v) is 2.17. The molecule has 0 aliphatic carbocycles. The van der Waals surface area contributed by atoms with Gasteiger partial charge >= 0.3 is 5.97 Å². The number of carbonyl (C=O) groups is 1. The summed E-state index contributed by atoms with van der Waals surface area (Å²) in [6.07, 6.45) is 2.55. The number of halogens is 1. The lowest BCUT2D eigenvalue weighted by atomic mass is 10.1. The van der Waals surface area contributed by atoms with E-state index in [4.69, 9.17) is 5.11 Å². The molecule has 0 radical (unpaired) electrons. The average molecular weight is 353 g/mol. The number of benzene rings is 1. The topological polar surface area (TPSA) is 102 Å². The lowest BCUT2D eigenvalue weighted by Gasteiger charge is -2.08. The quantitative estimate of drug-likeness (QED) is 0.671. The van der Waals surface area contributed by atoms with E-state index >= 15 is 0 Å². The van der Waals surface area contributed by atoms with Gasteiger partial charge in [0.1, 0.15) is 5.56 Å². The number of hydrogen-bond acceptors (Lipinski definition) is 4. The summed E-state index contributed by atoms with van der Waals surface area (Å²) >= 11 is 3.16. The number of aromatic nitrogens is 1. The first-order valence-electron chi connectivity index (χ1n) is 5.74. The summed E-state index contributed by atoms with van der Waals surface area (Å²) in [5, 5.41) is 19.9. The monoisotopic (exact) mass is 352 g/mol. The highest BCUT2D eigenvalue weighted by molar-refractivity contribution is 9.10. The zero-order chi connectivity index (χ0) is 15.6. The van der Waals surface area contributed by atoms with E-state index < -0.39 is 16.3 Å². The highest BCUT2D eigenvalue weighted by Gasteiger charge is 2.15. The van der Waals surface area contributed by atoms with Crippen LogP contribution in [0.15, 0.2) is 45.9 Å². The van der Waals surface area contributed by atoms with Crippen LogP contribution in [0.2, 0.25) is 0 Å². The van der Waals surface area contributed by atoms with Crippen molar-refractivity contribution >= 4 is 27.6 Å². The maximum Gasteiger partial charge on any atom is 0.341 e. The third kappa shape index (κ3) is 3.34. The van der Waals surface area contributed by atoms with Gasteiger partial charge in [-0.1, -0.05) is 15.9 Å². The number of aromatic carboxylic acids is 1. The van der Waals surface area contributed by atoms with Gasteiger partial charge in [-0.15, -0.1) is 0 Å². The van der Waals surface area contributed by atoms with E-state index in [2.05, 4.69) is 15.9 Å². The minimum absolute atomic E-state index is 0.0834. The third-order valence-corrected chi connectivity index (χ3v) is 3.30. The fourth-order valence-electron chi connectivity index (χ4n) is 1.82. The van der Waals surface area contributed by atoms with Crippen LogP contribution in [0.1, 0.15) is 15.9 Å². The summed E-state index contributed by atoms with van der Waals surface area (Å²) in [7, 11) is 0. The Morgan fingerprint density at radius 3 is 2.71 bits per heavy atom. The van der Waals surface area contributed by atoms with Crippen LogP contribution in [0.3, 0.4) is 0 Å². The fraction of sp³-hybridized carbons (Fsp3) is 0.0769. The summed E-state index contributed by atoms with van der Waals surface area (Å²) in [5.74, 6) is -1.33. The van der Waals surface area contributed by atoms with Crippen LogP contribution in [0, 0.1) is 10.1 Å². The molecule has 0 bridgehead atoms. The maximum atomic E-state index is 11.4. The second kappa shape index (κ2) is 5.88. The molecular weight excluding hydrogens is 344 g/mol. The number of rotatable bonds is 4. The van der Waals surface area contributed by atoms with Crippen molar-refractivity contribution in [3.05, 3.63) is 72.6 Å². The first kappa shape index (κ1) is 14.9. The Labute approximate surface area is 126 Å². The van der Waals surface area contributed by atoms with Crippen molar-refractivity contribution in [3.8, 4) is 0 Å². The third-order valence-electron chi connectivity index (χ3n) is 2.81. The van der Waals surface area contributed by atoms with Crippen molar-refractivity contribution < 1.29 is 14.8 Å². The number of carboxylic acids is 1. The molecule has 0 amide bonds. The molecule has 0 unspecified atom stereocenters. The van der Waals surface area contributed by atoms with Crippen molar-refractivity contribution in [1.29, 1.82) is 0 Å². The lowest BCUT2D eigenvalue weighted by molar-refractivity contribution is -0.385. The summed E-state index contributed by atoms with van der Waals surface area (Å²) in [6, 6.07) is 5.72. The molecule has 0 aliphatic heterocycles. The summed E-state index contributed by atoms with van der Waals surface area (Å²) in [6.45, 7) is 0.0875. The Kier molecular flexibility index (Phi) is 4.18. The van der Waals surface area contributed by atoms with Crippen molar-refractivity contribution in [3.63, 3.8) is 0 Å². The maximum absolute atomic E-state index is 11.4. The van der Waals surface area contributed by atoms with E-state index in [9.17, 15) is 19.7 Å². The van der Waals surface area contributed by atoms with Gasteiger partial charge in [-0.3, -0.25) is 14.9 Å². The first-order chi connectivity index (χ1) is 9.88. The smallest absolute Gasteiger partial charge is 0.341 e. The van der Waals surface area contributed by atoms with Gasteiger partial charge in [0.25, 0.3) is 5.69 Å². The van der Waals surface area contributed by atoms with Crippen LogP contribution in [0.5, 0.6) is 0 Å². The molecule has 7 nitrogen and oxygen atoms in total. The number of pyridine rings is 1. The van der Waals surface area contributed by atoms with Gasteiger partial charge in [0.2, 0.25) is 0 Å². The highest BCUT2D eigenvalue weighted by Crippen LogP contribution is 2.24. The SMILES string of the molecule is O=C(O)c1cn(Cc2ccc(Br)cc2[N+](=O)[O-])ccc1=O. The lowest BCUT2D eigenvalue weighted by Crippen LogP contribution is -2.17. The molecule has 1 aromatic heterocycles. The van der Waals surface area contributed by atoms with Crippen LogP contribution in [-0.2, 0) is 6.54 Å². The van der Waals surface area contributed by atoms with E-state index in [0.717, 1.165) is 12.3 Å². The molecule has 0 spiro atoms. The van der Waals surface area contributed by atoms with Gasteiger partial charge in [-0.25, -0.2) is 4.79 Å². The van der Waals surface area contributed by atoms with Crippen LogP contribution < -0.4 is 5.43 Å². The molecule has 0 fully saturated rings. The molecule has 2 aromatic rings. The zero-order valence-corrected chi connectivity index (χ0v) is 12.1. The zero-order valence-electron chi connectivity index (χ0n) is 10.5. The van der Waals surface area contributed by atoms with E-state index in [1.165, 1.54) is 16.8 Å². The van der Waals surface area contributed by atoms with Crippen molar-refractivity contribution in [2.24, 2.45) is 0 Å². The second-order valence-electron chi connectivity index (χ2n) is 4.23. The molecule has 1 N–H and O–H groups in total. The van der Waals surface area contributed by atoms with Gasteiger partial charge in [0, 0.05) is 34.6 Å². The van der Waals surface area contributed by atoms with Crippen LogP contribution >= 0.6 is 15.9 Å². The molecule has 1 aromatic carbocycles. The van der Waals surface area contributed by atoms with E-state index in [1.807, 2.05) is 0 Å². The summed E-state index contributed by atoms with van der Waals surface area (Å²) in [5.41, 5.74) is -0.663. The van der Waals surface area contributed by atoms with E-state index in [1.54, 1.807) is 12.1 Å². The Bertz CT molecular complexity index is 784. The molecule has 0 atom stereocenters. The molecule has 0 saturated heterocycles. The summed E-state index contributed by atoms with van der Waals surface area (Å²) < 4.78 is 1.99. The Morgan fingerprint density at radius 2 is 2.10 bits per heavy atom. The molecule has 21 heavy (non-hydrogen) atoms. The van der Waals surface area contributed by atoms with Crippen molar-refractivity contribution in [2.75, 3.05) is 0 Å². The number of nitrogens with zero attached hydrogens (tertiary/aromatic N) is 2. The normalized spacial score (nSPS) is 10.3. The average Bonchev–Trinajstić information content (AvgIpc) is 2.42. The predicted molar refractivity (Wildman–Crippen MR) is 77.6 cm³/mol. The van der Waals surface area contributed by atoms with Crippen LogP contribution in [0.25, 0.3) is 0 Å². The molecular formula is C13H9BrN2O5. The van der Waals surface area contributed by atoms with Crippen molar-refractivity contribution in [1.82, 2.24) is 4.57 Å². The Hall–Kier alpha value is -2.48. The number of hydrogen-bond donors (Lipinski definition) is 1. The summed E-state index contributed by atoms with van der Waals surface area (Å²) in [4.78, 5) is 32.8. The van der Waals surface area contributed by atoms with E-state index in [-0.39, 0.29) is 17.8 Å². The molecule has 0 aliphatic rings. The molecule has 1 heterocycles. The van der Waals surface area contributed by atoms with E-state index in [0.29, 0.717) is 10.0 Å². The second-order valence-corrected chi connectivity index (χ2v) is 5.15. The van der Waals surface area contributed by atoms with Gasteiger partial charge < -0.3 is 9.67 Å².